The molecule has 166 valence electrons. The van der Waals surface area contributed by atoms with Crippen molar-refractivity contribution in [3.63, 3.8) is 0 Å². The first kappa shape index (κ1) is 18.5. The van der Waals surface area contributed by atoms with Gasteiger partial charge in [0, 0.05) is 32.3 Å². The van der Waals surface area contributed by atoms with E-state index in [-0.39, 0.29) is 0 Å². The van der Waals surface area contributed by atoms with Crippen molar-refractivity contribution in [2.24, 2.45) is 0 Å². The van der Waals surface area contributed by atoms with E-state index in [1.165, 1.54) is 48.7 Å². The summed E-state index contributed by atoms with van der Waals surface area (Å²) in [5, 5.41) is 11.9. The van der Waals surface area contributed by atoms with Crippen molar-refractivity contribution in [3.8, 4) is 11.1 Å². The number of para-hydroxylation sites is 1. The van der Waals surface area contributed by atoms with Crippen LogP contribution in [0.2, 0.25) is 0 Å². The highest BCUT2D eigenvalue weighted by Crippen LogP contribution is 2.46. The van der Waals surface area contributed by atoms with Gasteiger partial charge in [0.2, 0.25) is 0 Å². The molecule has 0 atom stereocenters. The van der Waals surface area contributed by atoms with E-state index in [1.54, 1.807) is 0 Å². The maximum absolute atomic E-state index is 6.64. The van der Waals surface area contributed by atoms with Gasteiger partial charge in [-0.15, -0.1) is 0 Å². The first-order valence-electron chi connectivity index (χ1n) is 12.3. The maximum atomic E-state index is 6.64. The molecule has 0 radical (unpaired) electrons. The Morgan fingerprint density at radius 2 is 0.917 bits per heavy atom. The van der Waals surface area contributed by atoms with Gasteiger partial charge < -0.3 is 8.83 Å². The van der Waals surface area contributed by atoms with Gasteiger partial charge in [0.1, 0.15) is 22.3 Å². The van der Waals surface area contributed by atoms with Crippen molar-refractivity contribution in [1.29, 1.82) is 0 Å². The second-order valence-electron chi connectivity index (χ2n) is 9.70. The quantitative estimate of drug-likeness (QED) is 0.181. The largest absolute Gasteiger partial charge is 0.456 e. The zero-order valence-electron chi connectivity index (χ0n) is 19.2. The van der Waals surface area contributed by atoms with Crippen molar-refractivity contribution in [2.45, 2.75) is 0 Å². The molecule has 7 aromatic carbocycles. The fourth-order valence-electron chi connectivity index (χ4n) is 6.22. The lowest BCUT2D eigenvalue weighted by Crippen LogP contribution is -1.91. The monoisotopic (exact) mass is 458 g/mol. The average molecular weight is 459 g/mol. The molecule has 0 bridgehead atoms. The zero-order valence-corrected chi connectivity index (χ0v) is 19.2. The van der Waals surface area contributed by atoms with Gasteiger partial charge in [0.15, 0.2) is 0 Å². The Labute approximate surface area is 205 Å². The maximum Gasteiger partial charge on any atom is 0.136 e. The van der Waals surface area contributed by atoms with Gasteiger partial charge in [-0.05, 0) is 63.0 Å². The number of hydrogen-bond donors (Lipinski definition) is 0. The number of fused-ring (bicyclic) bond motifs is 4. The molecule has 0 aliphatic heterocycles. The lowest BCUT2D eigenvalue weighted by Gasteiger charge is -2.18. The van der Waals surface area contributed by atoms with Gasteiger partial charge in [-0.1, -0.05) is 78.9 Å². The first-order valence-corrected chi connectivity index (χ1v) is 12.3. The van der Waals surface area contributed by atoms with Crippen molar-refractivity contribution >= 4 is 76.2 Å². The minimum atomic E-state index is 0.903. The van der Waals surface area contributed by atoms with E-state index in [4.69, 9.17) is 8.83 Å². The molecule has 2 aromatic heterocycles. The Balaban J connectivity index is 1.47. The molecule has 0 aliphatic rings. The predicted octanol–water partition coefficient (Wildman–Crippen LogP) is 10.0. The van der Waals surface area contributed by atoms with Crippen molar-refractivity contribution < 1.29 is 8.83 Å². The van der Waals surface area contributed by atoms with Crippen LogP contribution in [0.5, 0.6) is 0 Å². The molecular weight excluding hydrogens is 440 g/mol. The second kappa shape index (κ2) is 6.44. The highest BCUT2D eigenvalue weighted by Gasteiger charge is 2.20. The van der Waals surface area contributed by atoms with E-state index in [0.29, 0.717) is 0 Å². The lowest BCUT2D eigenvalue weighted by molar-refractivity contribution is 0.661. The minimum Gasteiger partial charge on any atom is -0.456 e. The van der Waals surface area contributed by atoms with Gasteiger partial charge >= 0.3 is 0 Å². The molecule has 9 aromatic rings. The van der Waals surface area contributed by atoms with E-state index in [2.05, 4.69) is 91.0 Å². The van der Waals surface area contributed by atoms with Crippen molar-refractivity contribution in [1.82, 2.24) is 0 Å². The van der Waals surface area contributed by atoms with E-state index in [9.17, 15) is 0 Å². The van der Waals surface area contributed by atoms with E-state index >= 15 is 0 Å². The summed E-state index contributed by atoms with van der Waals surface area (Å²) in [5.41, 5.74) is 6.00. The molecule has 2 heterocycles. The standard InChI is InChI=1S/C34H18O2/c1-2-6-19(7-3-1)20-10-13-24-26-15-12-21-17-29-33-25(23-8-4-5-9-27(23)35-29)14-11-22-18-30(36-28(24)16-20)34(26)32(21)31(22)33/h1-18H. The third-order valence-electron chi connectivity index (χ3n) is 7.79. The molecule has 9 rings (SSSR count). The van der Waals surface area contributed by atoms with E-state index in [0.717, 1.165) is 38.7 Å². The summed E-state index contributed by atoms with van der Waals surface area (Å²) in [4.78, 5) is 0. The molecule has 0 amide bonds. The molecule has 0 saturated carbocycles. The molecule has 0 unspecified atom stereocenters. The molecule has 0 spiro atoms. The average Bonchev–Trinajstić information content (AvgIpc) is 2.94. The van der Waals surface area contributed by atoms with E-state index < -0.39 is 0 Å². The Morgan fingerprint density at radius 1 is 0.333 bits per heavy atom. The summed E-state index contributed by atoms with van der Waals surface area (Å²) in [6.45, 7) is 0. The van der Waals surface area contributed by atoms with Gasteiger partial charge in [0.05, 0.1) is 0 Å². The Morgan fingerprint density at radius 3 is 1.64 bits per heavy atom. The zero-order chi connectivity index (χ0) is 23.4. The Kier molecular flexibility index (Phi) is 3.31. The summed E-state index contributed by atoms with van der Waals surface area (Å²) >= 11 is 0. The Bertz CT molecular complexity index is 2300. The van der Waals surface area contributed by atoms with Crippen LogP contribution < -0.4 is 0 Å². The summed E-state index contributed by atoms with van der Waals surface area (Å²) in [6.07, 6.45) is 0. The summed E-state index contributed by atoms with van der Waals surface area (Å²) < 4.78 is 13.1. The normalized spacial score (nSPS) is 12.4. The highest BCUT2D eigenvalue weighted by atomic mass is 16.3. The molecule has 0 N–H and O–H groups in total. The van der Waals surface area contributed by atoms with Gasteiger partial charge in [0.25, 0.3) is 0 Å². The second-order valence-corrected chi connectivity index (χ2v) is 9.70. The molecule has 0 fully saturated rings. The van der Waals surface area contributed by atoms with Crippen LogP contribution in [0.4, 0.5) is 0 Å². The van der Waals surface area contributed by atoms with Crippen molar-refractivity contribution in [2.75, 3.05) is 0 Å². The van der Waals surface area contributed by atoms with Gasteiger partial charge in [-0.25, -0.2) is 0 Å². The molecule has 2 heteroatoms. The number of rotatable bonds is 1. The topological polar surface area (TPSA) is 26.3 Å². The third kappa shape index (κ3) is 2.26. The predicted molar refractivity (Wildman–Crippen MR) is 150 cm³/mol. The van der Waals surface area contributed by atoms with Gasteiger partial charge in [-0.3, -0.25) is 0 Å². The minimum absolute atomic E-state index is 0.903. The summed E-state index contributed by atoms with van der Waals surface area (Å²) in [5.74, 6) is 0. The fraction of sp³-hybridized carbons (Fsp3) is 0. The third-order valence-corrected chi connectivity index (χ3v) is 7.79. The highest BCUT2D eigenvalue weighted by molar-refractivity contribution is 6.38. The first-order chi connectivity index (χ1) is 17.8. The van der Waals surface area contributed by atoms with Crippen molar-refractivity contribution in [3.05, 3.63) is 109 Å². The van der Waals surface area contributed by atoms with Crippen LogP contribution >= 0.6 is 0 Å². The van der Waals surface area contributed by atoms with E-state index in [1.807, 2.05) is 18.2 Å². The van der Waals surface area contributed by atoms with Crippen LogP contribution in [0.25, 0.3) is 87.3 Å². The molecule has 36 heavy (non-hydrogen) atoms. The van der Waals surface area contributed by atoms with Crippen LogP contribution in [0.3, 0.4) is 0 Å². The number of benzene rings is 7. The molecular formula is C34H18O2. The lowest BCUT2D eigenvalue weighted by atomic mass is 9.88. The van der Waals surface area contributed by atoms with Crippen LogP contribution in [-0.4, -0.2) is 0 Å². The SMILES string of the molecule is c1ccc(-c2ccc3c(c2)oc2cc4ccc5c6ccccc6oc6cc7ccc3c2c7c4c65)cc1. The summed E-state index contributed by atoms with van der Waals surface area (Å²) in [6, 6.07) is 38.6. The van der Waals surface area contributed by atoms with Crippen LogP contribution in [0.15, 0.2) is 118 Å². The summed E-state index contributed by atoms with van der Waals surface area (Å²) in [7, 11) is 0. The van der Waals surface area contributed by atoms with Crippen LogP contribution in [0.1, 0.15) is 0 Å². The Hall–Kier alpha value is -4.82. The van der Waals surface area contributed by atoms with Crippen LogP contribution in [-0.2, 0) is 0 Å². The molecule has 0 saturated heterocycles. The molecule has 2 nitrogen and oxygen atoms in total. The van der Waals surface area contributed by atoms with Crippen LogP contribution in [0, 0.1) is 0 Å². The number of hydrogen-bond acceptors (Lipinski definition) is 2. The smallest absolute Gasteiger partial charge is 0.136 e. The van der Waals surface area contributed by atoms with Gasteiger partial charge in [-0.2, -0.15) is 0 Å². The molecule has 0 aliphatic carbocycles. The fourth-order valence-corrected chi connectivity index (χ4v) is 6.22.